The molecule has 2 aromatic rings. The first-order chi connectivity index (χ1) is 7.96. The van der Waals surface area contributed by atoms with Crippen LogP contribution in [0.3, 0.4) is 0 Å². The molecule has 1 N–H and O–H groups in total. The molecule has 0 aromatic carbocycles. The molecule has 5 heteroatoms. The maximum Gasteiger partial charge on any atom is 0.208 e. The van der Waals surface area contributed by atoms with Crippen LogP contribution in [0.1, 0.15) is 26.7 Å². The van der Waals surface area contributed by atoms with Gasteiger partial charge in [-0.1, -0.05) is 0 Å². The minimum absolute atomic E-state index is 0.0465. The van der Waals surface area contributed by atoms with E-state index in [4.69, 9.17) is 8.83 Å². The average molecular weight is 299 g/mol. The lowest BCUT2D eigenvalue weighted by Gasteiger charge is -2.18. The Bertz CT molecular complexity index is 497. The molecule has 0 saturated carbocycles. The van der Waals surface area contributed by atoms with E-state index in [1.165, 1.54) is 0 Å². The Morgan fingerprint density at radius 1 is 1.41 bits per heavy atom. The zero-order chi connectivity index (χ0) is 12.5. The molecule has 0 aliphatic carbocycles. The quantitative estimate of drug-likeness (QED) is 0.941. The van der Waals surface area contributed by atoms with E-state index in [1.54, 1.807) is 12.5 Å². The van der Waals surface area contributed by atoms with E-state index in [9.17, 15) is 0 Å². The summed E-state index contributed by atoms with van der Waals surface area (Å²) in [6.45, 7) is 6.91. The first-order valence-corrected chi connectivity index (χ1v) is 6.18. The molecule has 0 aliphatic heterocycles. The van der Waals surface area contributed by atoms with Crippen LogP contribution in [0.25, 0.3) is 11.3 Å². The fourth-order valence-corrected chi connectivity index (χ4v) is 1.76. The van der Waals surface area contributed by atoms with E-state index in [0.717, 1.165) is 5.56 Å². The van der Waals surface area contributed by atoms with Crippen LogP contribution in [0, 0.1) is 0 Å². The van der Waals surface area contributed by atoms with Gasteiger partial charge in [0.1, 0.15) is 0 Å². The second-order valence-corrected chi connectivity index (χ2v) is 5.55. The third-order valence-electron chi connectivity index (χ3n) is 2.21. The van der Waals surface area contributed by atoms with Crippen LogP contribution in [-0.4, -0.2) is 10.5 Å². The van der Waals surface area contributed by atoms with Crippen LogP contribution < -0.4 is 5.32 Å². The summed E-state index contributed by atoms with van der Waals surface area (Å²) in [7, 11) is 0. The maximum absolute atomic E-state index is 5.64. The van der Waals surface area contributed by atoms with Crippen molar-refractivity contribution < 1.29 is 8.83 Å². The van der Waals surface area contributed by atoms with Gasteiger partial charge in [-0.3, -0.25) is 0 Å². The molecule has 0 bridgehead atoms. The Labute approximate surface area is 109 Å². The number of hydrogen-bond donors (Lipinski definition) is 1. The number of nitrogens with one attached hydrogen (secondary N) is 1. The molecule has 0 spiro atoms. The Morgan fingerprint density at radius 3 is 2.76 bits per heavy atom. The molecule has 92 valence electrons. The highest BCUT2D eigenvalue weighted by Gasteiger charge is 2.14. The molecule has 17 heavy (non-hydrogen) atoms. The average Bonchev–Trinajstić information content (AvgIpc) is 2.81. The topological polar surface area (TPSA) is 51.2 Å². The molecule has 0 atom stereocenters. The predicted molar refractivity (Wildman–Crippen MR) is 68.5 cm³/mol. The van der Waals surface area contributed by atoms with Crippen molar-refractivity contribution in [3.63, 3.8) is 0 Å². The molecule has 0 radical (unpaired) electrons. The molecular formula is C12H15BrN2O2. The number of halogens is 1. The van der Waals surface area contributed by atoms with Crippen LogP contribution >= 0.6 is 15.9 Å². The fourth-order valence-electron chi connectivity index (χ4n) is 1.33. The van der Waals surface area contributed by atoms with Crippen molar-refractivity contribution in [1.82, 2.24) is 10.3 Å². The van der Waals surface area contributed by atoms with Gasteiger partial charge in [0.2, 0.25) is 5.89 Å². The van der Waals surface area contributed by atoms with Crippen molar-refractivity contribution in [3.8, 4) is 11.3 Å². The summed E-state index contributed by atoms with van der Waals surface area (Å²) in [5, 5.41) is 3.32. The second kappa shape index (κ2) is 4.66. The number of aromatic nitrogens is 1. The highest BCUT2D eigenvalue weighted by atomic mass is 79.9. The van der Waals surface area contributed by atoms with Gasteiger partial charge in [-0.2, -0.15) is 0 Å². The molecule has 0 unspecified atom stereocenters. The standard InChI is InChI=1S/C12H15BrN2O2/c1-12(2,3)15-7-10-14-6-9(17-10)8-4-5-16-11(8)13/h4-6,15H,7H2,1-3H3. The third-order valence-corrected chi connectivity index (χ3v) is 2.82. The second-order valence-electron chi connectivity index (χ2n) is 4.83. The van der Waals surface area contributed by atoms with Crippen molar-refractivity contribution in [2.45, 2.75) is 32.9 Å². The number of rotatable bonds is 3. The van der Waals surface area contributed by atoms with E-state index >= 15 is 0 Å². The minimum atomic E-state index is 0.0465. The Hall–Kier alpha value is -1.07. The van der Waals surface area contributed by atoms with Crippen LogP contribution in [0.15, 0.2) is 32.0 Å². The van der Waals surface area contributed by atoms with Crippen molar-refractivity contribution in [3.05, 3.63) is 29.1 Å². The van der Waals surface area contributed by atoms with Gasteiger partial charge in [-0.15, -0.1) is 0 Å². The van der Waals surface area contributed by atoms with Crippen LogP contribution in [-0.2, 0) is 6.54 Å². The van der Waals surface area contributed by atoms with Gasteiger partial charge in [-0.25, -0.2) is 4.98 Å². The maximum atomic E-state index is 5.64. The number of hydrogen-bond acceptors (Lipinski definition) is 4. The zero-order valence-corrected chi connectivity index (χ0v) is 11.7. The summed E-state index contributed by atoms with van der Waals surface area (Å²) in [4.78, 5) is 4.22. The van der Waals surface area contributed by atoms with Crippen LogP contribution in [0.5, 0.6) is 0 Å². The van der Waals surface area contributed by atoms with E-state index < -0.39 is 0 Å². The van der Waals surface area contributed by atoms with Gasteiger partial charge in [0.05, 0.1) is 24.6 Å². The van der Waals surface area contributed by atoms with Crippen molar-refractivity contribution >= 4 is 15.9 Å². The largest absolute Gasteiger partial charge is 0.457 e. The summed E-state index contributed by atoms with van der Waals surface area (Å²) < 4.78 is 11.5. The van der Waals surface area contributed by atoms with E-state index in [1.807, 2.05) is 6.07 Å². The normalized spacial score (nSPS) is 12.0. The predicted octanol–water partition coefficient (Wildman–Crippen LogP) is 3.59. The summed E-state index contributed by atoms with van der Waals surface area (Å²) in [6, 6.07) is 1.84. The SMILES string of the molecule is CC(C)(C)NCc1ncc(-c2ccoc2Br)o1. The molecule has 2 rings (SSSR count). The number of nitrogens with zero attached hydrogens (tertiary/aromatic N) is 1. The lowest BCUT2D eigenvalue weighted by Crippen LogP contribution is -2.35. The molecule has 0 amide bonds. The summed E-state index contributed by atoms with van der Waals surface area (Å²) in [5.74, 6) is 1.37. The van der Waals surface area contributed by atoms with Gasteiger partial charge in [0.25, 0.3) is 0 Å². The highest BCUT2D eigenvalue weighted by molar-refractivity contribution is 9.10. The van der Waals surface area contributed by atoms with Crippen LogP contribution in [0.2, 0.25) is 0 Å². The molecule has 2 aromatic heterocycles. The molecule has 2 heterocycles. The fraction of sp³-hybridized carbons (Fsp3) is 0.417. The Balaban J connectivity index is 2.09. The first kappa shape index (κ1) is 12.4. The summed E-state index contributed by atoms with van der Waals surface area (Å²) in [5.41, 5.74) is 0.921. The van der Waals surface area contributed by atoms with E-state index in [2.05, 4.69) is 47.0 Å². The lowest BCUT2D eigenvalue weighted by atomic mass is 10.1. The van der Waals surface area contributed by atoms with Gasteiger partial charge >= 0.3 is 0 Å². The number of oxazole rings is 1. The first-order valence-electron chi connectivity index (χ1n) is 5.39. The molecule has 0 saturated heterocycles. The van der Waals surface area contributed by atoms with Gasteiger partial charge in [0, 0.05) is 5.54 Å². The van der Waals surface area contributed by atoms with Gasteiger partial charge in [-0.05, 0) is 42.8 Å². The third kappa shape index (κ3) is 3.20. The van der Waals surface area contributed by atoms with Crippen molar-refractivity contribution in [2.75, 3.05) is 0 Å². The van der Waals surface area contributed by atoms with E-state index in [-0.39, 0.29) is 5.54 Å². The van der Waals surface area contributed by atoms with Crippen LogP contribution in [0.4, 0.5) is 0 Å². The van der Waals surface area contributed by atoms with Crippen molar-refractivity contribution in [1.29, 1.82) is 0 Å². The molecular weight excluding hydrogens is 284 g/mol. The zero-order valence-electron chi connectivity index (χ0n) is 10.1. The van der Waals surface area contributed by atoms with E-state index in [0.29, 0.717) is 22.9 Å². The van der Waals surface area contributed by atoms with Crippen molar-refractivity contribution in [2.24, 2.45) is 0 Å². The number of furan rings is 1. The lowest BCUT2D eigenvalue weighted by molar-refractivity contribution is 0.383. The summed E-state index contributed by atoms with van der Waals surface area (Å²) >= 11 is 3.31. The van der Waals surface area contributed by atoms with Gasteiger partial charge < -0.3 is 14.2 Å². The smallest absolute Gasteiger partial charge is 0.208 e. The summed E-state index contributed by atoms with van der Waals surface area (Å²) in [6.07, 6.45) is 3.31. The molecule has 4 nitrogen and oxygen atoms in total. The Morgan fingerprint density at radius 2 is 2.18 bits per heavy atom. The minimum Gasteiger partial charge on any atom is -0.457 e. The highest BCUT2D eigenvalue weighted by Crippen LogP contribution is 2.29. The molecule has 0 fully saturated rings. The monoisotopic (exact) mass is 298 g/mol. The Kier molecular flexibility index (Phi) is 3.40. The molecule has 0 aliphatic rings. The van der Waals surface area contributed by atoms with Gasteiger partial charge in [0.15, 0.2) is 10.4 Å².